The summed E-state index contributed by atoms with van der Waals surface area (Å²) in [5, 5.41) is 21.1. The lowest BCUT2D eigenvalue weighted by molar-refractivity contribution is 0.0190. The predicted octanol–water partition coefficient (Wildman–Crippen LogP) is 2.30. The van der Waals surface area contributed by atoms with E-state index in [-0.39, 0.29) is 11.8 Å². The van der Waals surface area contributed by atoms with Gasteiger partial charge in [-0.1, -0.05) is 30.3 Å². The summed E-state index contributed by atoms with van der Waals surface area (Å²) in [6.45, 7) is 0. The van der Waals surface area contributed by atoms with Crippen LogP contribution in [-0.4, -0.2) is 43.1 Å². The Kier molecular flexibility index (Phi) is 4.84. The molecule has 0 amide bonds. The van der Waals surface area contributed by atoms with E-state index in [0.29, 0.717) is 11.3 Å². The first-order chi connectivity index (χ1) is 12.6. The SMILES string of the molecule is Nc1ncnc2c(C3CC(CSCc4ccccc4)C(O)C3O)c[nH]c12. The third-order valence-electron chi connectivity index (χ3n) is 5.17. The number of nitrogens with zero attached hydrogens (tertiary/aromatic N) is 2. The summed E-state index contributed by atoms with van der Waals surface area (Å²) in [6.07, 6.45) is 2.46. The van der Waals surface area contributed by atoms with Crippen molar-refractivity contribution >= 4 is 28.6 Å². The number of aliphatic hydroxyl groups is 2. The average Bonchev–Trinajstić information content (AvgIpc) is 3.20. The van der Waals surface area contributed by atoms with Gasteiger partial charge in [0, 0.05) is 23.4 Å². The second-order valence-corrected chi connectivity index (χ2v) is 7.84. The third kappa shape index (κ3) is 3.18. The van der Waals surface area contributed by atoms with Gasteiger partial charge in [0.2, 0.25) is 0 Å². The molecule has 7 heteroatoms. The Morgan fingerprint density at radius 3 is 2.77 bits per heavy atom. The smallest absolute Gasteiger partial charge is 0.151 e. The van der Waals surface area contributed by atoms with Crippen LogP contribution in [0.3, 0.4) is 0 Å². The van der Waals surface area contributed by atoms with Crippen LogP contribution >= 0.6 is 11.8 Å². The van der Waals surface area contributed by atoms with Crippen molar-refractivity contribution in [1.29, 1.82) is 0 Å². The Balaban J connectivity index is 1.46. The number of hydrogen-bond acceptors (Lipinski definition) is 6. The van der Waals surface area contributed by atoms with Crippen LogP contribution < -0.4 is 5.73 Å². The highest BCUT2D eigenvalue weighted by Crippen LogP contribution is 2.42. The zero-order valence-electron chi connectivity index (χ0n) is 14.2. The van der Waals surface area contributed by atoms with Gasteiger partial charge < -0.3 is 20.9 Å². The molecule has 0 radical (unpaired) electrons. The van der Waals surface area contributed by atoms with Crippen LogP contribution in [0.15, 0.2) is 42.9 Å². The van der Waals surface area contributed by atoms with Gasteiger partial charge in [0.05, 0.1) is 17.7 Å². The van der Waals surface area contributed by atoms with Gasteiger partial charge >= 0.3 is 0 Å². The topological polar surface area (TPSA) is 108 Å². The van der Waals surface area contributed by atoms with E-state index in [1.165, 1.54) is 11.9 Å². The van der Waals surface area contributed by atoms with Crippen molar-refractivity contribution in [3.63, 3.8) is 0 Å². The quantitative estimate of drug-likeness (QED) is 0.549. The lowest BCUT2D eigenvalue weighted by Gasteiger charge is -2.16. The lowest BCUT2D eigenvalue weighted by Crippen LogP contribution is -2.28. The van der Waals surface area contributed by atoms with E-state index in [2.05, 4.69) is 27.1 Å². The molecular formula is C19H22N4O2S. The van der Waals surface area contributed by atoms with Gasteiger partial charge in [-0.3, -0.25) is 0 Å². The van der Waals surface area contributed by atoms with E-state index in [9.17, 15) is 10.2 Å². The first-order valence-electron chi connectivity index (χ1n) is 8.70. The molecule has 2 aromatic heterocycles. The third-order valence-corrected chi connectivity index (χ3v) is 6.37. The molecule has 1 saturated carbocycles. The van der Waals surface area contributed by atoms with Gasteiger partial charge in [-0.2, -0.15) is 11.8 Å². The van der Waals surface area contributed by atoms with Crippen molar-refractivity contribution in [3.8, 4) is 0 Å². The van der Waals surface area contributed by atoms with Gasteiger partial charge in [-0.05, 0) is 23.7 Å². The molecular weight excluding hydrogens is 348 g/mol. The molecule has 1 fully saturated rings. The molecule has 26 heavy (non-hydrogen) atoms. The molecule has 6 nitrogen and oxygen atoms in total. The number of fused-ring (bicyclic) bond motifs is 1. The molecule has 136 valence electrons. The molecule has 2 heterocycles. The summed E-state index contributed by atoms with van der Waals surface area (Å²) >= 11 is 1.79. The van der Waals surface area contributed by atoms with Crippen molar-refractivity contribution in [2.45, 2.75) is 30.3 Å². The van der Waals surface area contributed by atoms with Crippen molar-refractivity contribution < 1.29 is 10.2 Å². The van der Waals surface area contributed by atoms with Gasteiger partial charge in [0.15, 0.2) is 5.82 Å². The maximum absolute atomic E-state index is 10.6. The number of aliphatic hydroxyl groups excluding tert-OH is 2. The molecule has 0 saturated heterocycles. The van der Waals surface area contributed by atoms with Crippen LogP contribution in [0, 0.1) is 5.92 Å². The number of anilines is 1. The summed E-state index contributed by atoms with van der Waals surface area (Å²) in [6, 6.07) is 10.3. The molecule has 5 N–H and O–H groups in total. The average molecular weight is 370 g/mol. The number of H-pyrrole nitrogens is 1. The fraction of sp³-hybridized carbons (Fsp3) is 0.368. The van der Waals surface area contributed by atoms with Crippen molar-refractivity contribution in [1.82, 2.24) is 15.0 Å². The number of thioether (sulfide) groups is 1. The number of hydrogen-bond donors (Lipinski definition) is 4. The molecule has 1 aliphatic carbocycles. The molecule has 4 rings (SSSR count). The van der Waals surface area contributed by atoms with Crippen molar-refractivity contribution in [2.75, 3.05) is 11.5 Å². The fourth-order valence-corrected chi connectivity index (χ4v) is 4.95. The van der Waals surface area contributed by atoms with E-state index < -0.39 is 12.2 Å². The maximum Gasteiger partial charge on any atom is 0.151 e. The van der Waals surface area contributed by atoms with Crippen LogP contribution in [0.4, 0.5) is 5.82 Å². The lowest BCUT2D eigenvalue weighted by atomic mass is 9.96. The first-order valence-corrected chi connectivity index (χ1v) is 9.86. The van der Waals surface area contributed by atoms with E-state index in [0.717, 1.165) is 29.0 Å². The van der Waals surface area contributed by atoms with Crippen LogP contribution in [0.1, 0.15) is 23.5 Å². The second kappa shape index (κ2) is 7.26. The van der Waals surface area contributed by atoms with Gasteiger partial charge in [-0.15, -0.1) is 0 Å². The van der Waals surface area contributed by atoms with Crippen molar-refractivity contribution in [3.05, 3.63) is 54.0 Å². The molecule has 1 aromatic carbocycles. The molecule has 4 atom stereocenters. The van der Waals surface area contributed by atoms with E-state index >= 15 is 0 Å². The fourth-order valence-electron chi connectivity index (χ4n) is 3.76. The zero-order chi connectivity index (χ0) is 18.1. The molecule has 3 aromatic rings. The largest absolute Gasteiger partial charge is 0.390 e. The Hall–Kier alpha value is -2.09. The maximum atomic E-state index is 10.6. The summed E-state index contributed by atoms with van der Waals surface area (Å²) in [5.74, 6) is 2.00. The molecule has 1 aliphatic rings. The minimum atomic E-state index is -0.799. The highest BCUT2D eigenvalue weighted by molar-refractivity contribution is 7.98. The van der Waals surface area contributed by atoms with Crippen molar-refractivity contribution in [2.24, 2.45) is 5.92 Å². The van der Waals surface area contributed by atoms with Gasteiger partial charge in [0.25, 0.3) is 0 Å². The Labute approximate surface area is 155 Å². The molecule has 0 bridgehead atoms. The number of benzene rings is 1. The number of nitrogen functional groups attached to an aromatic ring is 1. The zero-order valence-corrected chi connectivity index (χ0v) is 15.1. The highest BCUT2D eigenvalue weighted by Gasteiger charge is 2.43. The number of rotatable bonds is 5. The number of nitrogens with one attached hydrogen (secondary N) is 1. The Morgan fingerprint density at radius 2 is 1.96 bits per heavy atom. The van der Waals surface area contributed by atoms with E-state index in [1.54, 1.807) is 11.8 Å². The van der Waals surface area contributed by atoms with E-state index in [4.69, 9.17) is 5.73 Å². The standard InChI is InChI=1S/C19H22N4O2S/c20-19-16-15(22-10-23-19)14(7-21-16)13-6-12(17(24)18(13)25)9-26-8-11-4-2-1-3-5-11/h1-5,7,10,12-13,17-18,21,24-25H,6,8-9H2,(H2,20,22,23). The first kappa shape index (κ1) is 17.3. The minimum Gasteiger partial charge on any atom is -0.390 e. The minimum absolute atomic E-state index is 0.0489. The monoisotopic (exact) mass is 370 g/mol. The molecule has 0 aliphatic heterocycles. The van der Waals surface area contributed by atoms with Crippen LogP contribution in [0.2, 0.25) is 0 Å². The normalized spacial score (nSPS) is 25.8. The Bertz CT molecular complexity index is 886. The number of aromatic nitrogens is 3. The number of nitrogens with two attached hydrogens (primary N) is 1. The number of aromatic amines is 1. The Morgan fingerprint density at radius 1 is 1.15 bits per heavy atom. The van der Waals surface area contributed by atoms with E-state index in [1.807, 2.05) is 24.4 Å². The predicted molar refractivity (Wildman–Crippen MR) is 104 cm³/mol. The van der Waals surface area contributed by atoms with Crippen LogP contribution in [0.25, 0.3) is 11.0 Å². The summed E-state index contributed by atoms with van der Waals surface area (Å²) in [5.41, 5.74) is 9.46. The summed E-state index contributed by atoms with van der Waals surface area (Å²) in [4.78, 5) is 11.4. The second-order valence-electron chi connectivity index (χ2n) is 6.81. The highest BCUT2D eigenvalue weighted by atomic mass is 32.2. The van der Waals surface area contributed by atoms with Gasteiger partial charge in [-0.25, -0.2) is 9.97 Å². The summed E-state index contributed by atoms with van der Waals surface area (Å²) in [7, 11) is 0. The summed E-state index contributed by atoms with van der Waals surface area (Å²) < 4.78 is 0. The van der Waals surface area contributed by atoms with Crippen LogP contribution in [-0.2, 0) is 5.75 Å². The molecule has 0 spiro atoms. The molecule has 4 unspecified atom stereocenters. The van der Waals surface area contributed by atoms with Gasteiger partial charge in [0.1, 0.15) is 11.8 Å². The van der Waals surface area contributed by atoms with Crippen LogP contribution in [0.5, 0.6) is 0 Å².